The van der Waals surface area contributed by atoms with Crippen LogP contribution in [-0.2, 0) is 19.1 Å². The Morgan fingerprint density at radius 1 is 0.889 bits per heavy atom. The fraction of sp³-hybridized carbons (Fsp3) is 0.923. The third-order valence-corrected chi connectivity index (χ3v) is 6.86. The summed E-state index contributed by atoms with van der Waals surface area (Å²) in [6.45, 7) is 19.9. The summed E-state index contributed by atoms with van der Waals surface area (Å²) in [5, 5.41) is 12.9. The molecule has 0 aromatic carbocycles. The van der Waals surface area contributed by atoms with Gasteiger partial charge in [-0.3, -0.25) is 19.4 Å². The molecule has 2 rings (SSSR count). The average molecular weight is 513 g/mol. The van der Waals surface area contributed by atoms with Crippen LogP contribution in [0.1, 0.15) is 40.5 Å². The Labute approximate surface area is 218 Å². The number of amides is 2. The lowest BCUT2D eigenvalue weighted by Crippen LogP contribution is -2.49. The van der Waals surface area contributed by atoms with Gasteiger partial charge < -0.3 is 30.7 Å². The molecule has 0 spiro atoms. The number of carbonyl (C=O) groups excluding carboxylic acids is 2. The number of ether oxygens (including phenoxy) is 2. The summed E-state index contributed by atoms with van der Waals surface area (Å²) in [6.07, 6.45) is 2.14. The molecule has 0 saturated carbocycles. The number of morpholine rings is 2. The first kappa shape index (κ1) is 30.9. The van der Waals surface area contributed by atoms with Gasteiger partial charge in [-0.2, -0.15) is 0 Å². The van der Waals surface area contributed by atoms with Crippen LogP contribution in [0, 0.1) is 11.8 Å². The quantitative estimate of drug-likeness (QED) is 0.200. The molecule has 2 heterocycles. The van der Waals surface area contributed by atoms with E-state index in [0.29, 0.717) is 25.6 Å². The number of rotatable bonds is 17. The third kappa shape index (κ3) is 13.3. The average Bonchev–Trinajstić information content (AvgIpc) is 2.87. The highest BCUT2D eigenvalue weighted by atomic mass is 16.5. The number of hydrogen-bond acceptors (Lipinski definition) is 8. The Balaban J connectivity index is 1.54. The van der Waals surface area contributed by atoms with E-state index in [1.807, 2.05) is 6.92 Å². The molecule has 0 aliphatic carbocycles. The molecule has 4 N–H and O–H groups in total. The lowest BCUT2D eigenvalue weighted by atomic mass is 9.96. The minimum absolute atomic E-state index is 0.0193. The van der Waals surface area contributed by atoms with Gasteiger partial charge in [0.2, 0.25) is 11.8 Å². The van der Waals surface area contributed by atoms with E-state index in [-0.39, 0.29) is 29.9 Å². The zero-order chi connectivity index (χ0) is 26.2. The molecule has 10 heteroatoms. The van der Waals surface area contributed by atoms with Crippen molar-refractivity contribution < 1.29 is 19.1 Å². The Morgan fingerprint density at radius 2 is 1.47 bits per heavy atom. The SMILES string of the molecule is CCCNCCN1CCO[C@H](CNC(=O)C(C)CC(C)CNCCN2CCO[C@@H](CNC(C)=O)C2)C1. The molecule has 0 aromatic heterocycles. The zero-order valence-corrected chi connectivity index (χ0v) is 23.2. The van der Waals surface area contributed by atoms with Crippen molar-refractivity contribution in [2.45, 2.75) is 52.7 Å². The topological polar surface area (TPSA) is 107 Å². The second-order valence-corrected chi connectivity index (χ2v) is 10.5. The summed E-state index contributed by atoms with van der Waals surface area (Å²) in [5.41, 5.74) is 0. The molecule has 4 atom stereocenters. The lowest BCUT2D eigenvalue weighted by molar-refractivity contribution is -0.126. The summed E-state index contributed by atoms with van der Waals surface area (Å²) in [7, 11) is 0. The van der Waals surface area contributed by atoms with E-state index in [1.165, 1.54) is 6.92 Å². The molecule has 0 aromatic rings. The van der Waals surface area contributed by atoms with Gasteiger partial charge in [0.1, 0.15) is 0 Å². The van der Waals surface area contributed by atoms with E-state index in [2.05, 4.69) is 44.9 Å². The van der Waals surface area contributed by atoms with Crippen LogP contribution >= 0.6 is 0 Å². The second-order valence-electron chi connectivity index (χ2n) is 10.5. The van der Waals surface area contributed by atoms with Crippen molar-refractivity contribution >= 4 is 11.8 Å². The molecule has 2 aliphatic rings. The van der Waals surface area contributed by atoms with E-state index < -0.39 is 0 Å². The largest absolute Gasteiger partial charge is 0.374 e. The van der Waals surface area contributed by atoms with E-state index in [1.54, 1.807) is 0 Å². The molecule has 2 aliphatic heterocycles. The summed E-state index contributed by atoms with van der Waals surface area (Å²) in [6, 6.07) is 0. The van der Waals surface area contributed by atoms with Crippen molar-refractivity contribution in [3.05, 3.63) is 0 Å². The van der Waals surface area contributed by atoms with Crippen LogP contribution in [0.3, 0.4) is 0 Å². The van der Waals surface area contributed by atoms with Crippen molar-refractivity contribution in [1.82, 2.24) is 31.1 Å². The highest BCUT2D eigenvalue weighted by Crippen LogP contribution is 2.12. The minimum Gasteiger partial charge on any atom is -0.374 e. The molecule has 0 radical (unpaired) electrons. The van der Waals surface area contributed by atoms with Gasteiger partial charge in [0, 0.05) is 78.3 Å². The molecule has 10 nitrogen and oxygen atoms in total. The number of carbonyl (C=O) groups is 2. The molecule has 2 fully saturated rings. The first-order chi connectivity index (χ1) is 17.4. The predicted molar refractivity (Wildman–Crippen MR) is 143 cm³/mol. The lowest BCUT2D eigenvalue weighted by Gasteiger charge is -2.33. The fourth-order valence-electron chi connectivity index (χ4n) is 4.78. The first-order valence-electron chi connectivity index (χ1n) is 14.0. The van der Waals surface area contributed by atoms with Crippen LogP contribution in [-0.4, -0.2) is 126 Å². The molecule has 0 bridgehead atoms. The maximum Gasteiger partial charge on any atom is 0.222 e. The second kappa shape index (κ2) is 18.0. The van der Waals surface area contributed by atoms with Gasteiger partial charge in [0.05, 0.1) is 25.4 Å². The molecular formula is C26H52N6O4. The Hall–Kier alpha value is -1.30. The fourth-order valence-corrected chi connectivity index (χ4v) is 4.78. The Kier molecular flexibility index (Phi) is 15.5. The van der Waals surface area contributed by atoms with Gasteiger partial charge >= 0.3 is 0 Å². The zero-order valence-electron chi connectivity index (χ0n) is 23.2. The molecule has 210 valence electrons. The summed E-state index contributed by atoms with van der Waals surface area (Å²) in [4.78, 5) is 28.6. The van der Waals surface area contributed by atoms with E-state index in [4.69, 9.17) is 9.47 Å². The van der Waals surface area contributed by atoms with E-state index in [0.717, 1.165) is 84.9 Å². The van der Waals surface area contributed by atoms with Gasteiger partial charge in [-0.25, -0.2) is 0 Å². The van der Waals surface area contributed by atoms with Gasteiger partial charge in [-0.1, -0.05) is 20.8 Å². The number of nitrogens with one attached hydrogen (secondary N) is 4. The molecule has 36 heavy (non-hydrogen) atoms. The summed E-state index contributed by atoms with van der Waals surface area (Å²) < 4.78 is 11.6. The predicted octanol–water partition coefficient (Wildman–Crippen LogP) is -0.108. The third-order valence-electron chi connectivity index (χ3n) is 6.86. The standard InChI is InChI=1S/C26H52N6O4/c1-5-6-27-7-9-31-11-14-36-25(20-31)18-30-26(34)22(3)15-21(2)16-28-8-10-32-12-13-35-24(19-32)17-29-23(4)33/h21-22,24-25,27-28H,5-20H2,1-4H3,(H,29,33)(H,30,34)/t21?,22?,24-,25+/m0/s1. The van der Waals surface area contributed by atoms with Crippen LogP contribution in [0.25, 0.3) is 0 Å². The summed E-state index contributed by atoms with van der Waals surface area (Å²) >= 11 is 0. The maximum atomic E-state index is 12.7. The Morgan fingerprint density at radius 3 is 2.06 bits per heavy atom. The monoisotopic (exact) mass is 512 g/mol. The smallest absolute Gasteiger partial charge is 0.222 e. The van der Waals surface area contributed by atoms with Crippen molar-refractivity contribution in [2.75, 3.05) is 91.8 Å². The molecular weight excluding hydrogens is 460 g/mol. The molecule has 2 unspecified atom stereocenters. The van der Waals surface area contributed by atoms with Crippen molar-refractivity contribution in [2.24, 2.45) is 11.8 Å². The van der Waals surface area contributed by atoms with Gasteiger partial charge in [-0.05, 0) is 31.8 Å². The highest BCUT2D eigenvalue weighted by molar-refractivity contribution is 5.78. The van der Waals surface area contributed by atoms with Crippen LogP contribution in [0.4, 0.5) is 0 Å². The van der Waals surface area contributed by atoms with Gasteiger partial charge in [-0.15, -0.1) is 0 Å². The maximum absolute atomic E-state index is 12.7. The van der Waals surface area contributed by atoms with E-state index in [9.17, 15) is 9.59 Å². The molecule has 2 saturated heterocycles. The normalized spacial score (nSPS) is 23.2. The Bertz CT molecular complexity index is 625. The van der Waals surface area contributed by atoms with E-state index >= 15 is 0 Å². The molecule has 2 amide bonds. The highest BCUT2D eigenvalue weighted by Gasteiger charge is 2.23. The van der Waals surface area contributed by atoms with Crippen molar-refractivity contribution in [3.63, 3.8) is 0 Å². The number of nitrogens with zero attached hydrogens (tertiary/aromatic N) is 2. The van der Waals surface area contributed by atoms with Crippen molar-refractivity contribution in [1.29, 1.82) is 0 Å². The van der Waals surface area contributed by atoms with Crippen LogP contribution in [0.2, 0.25) is 0 Å². The van der Waals surface area contributed by atoms with Gasteiger partial charge in [0.15, 0.2) is 0 Å². The van der Waals surface area contributed by atoms with Crippen LogP contribution < -0.4 is 21.3 Å². The van der Waals surface area contributed by atoms with Gasteiger partial charge in [0.25, 0.3) is 0 Å². The number of hydrogen-bond donors (Lipinski definition) is 4. The van der Waals surface area contributed by atoms with Crippen LogP contribution in [0.15, 0.2) is 0 Å². The summed E-state index contributed by atoms with van der Waals surface area (Å²) in [5.74, 6) is 0.494. The first-order valence-corrected chi connectivity index (χ1v) is 14.0. The minimum atomic E-state index is -0.0199. The van der Waals surface area contributed by atoms with Crippen LogP contribution in [0.5, 0.6) is 0 Å². The van der Waals surface area contributed by atoms with Crippen molar-refractivity contribution in [3.8, 4) is 0 Å².